The minimum absolute atomic E-state index is 0.202. The molecule has 0 aliphatic heterocycles. The smallest absolute Gasteiger partial charge is 0.261 e. The van der Waals surface area contributed by atoms with Crippen LogP contribution in [0.5, 0.6) is 5.75 Å². The SMILES string of the molecule is CNC(=O)C(C)N(Cc1ccccc1Cl)C(=O)COc1ccc(Cl)c(C)c1. The highest BCUT2D eigenvalue weighted by molar-refractivity contribution is 6.31. The summed E-state index contributed by atoms with van der Waals surface area (Å²) in [5.41, 5.74) is 1.61. The van der Waals surface area contributed by atoms with Crippen molar-refractivity contribution in [3.8, 4) is 5.75 Å². The molecule has 27 heavy (non-hydrogen) atoms. The number of nitrogens with one attached hydrogen (secondary N) is 1. The predicted molar refractivity (Wildman–Crippen MR) is 107 cm³/mol. The fourth-order valence-electron chi connectivity index (χ4n) is 2.54. The van der Waals surface area contributed by atoms with Crippen LogP contribution in [-0.2, 0) is 16.1 Å². The van der Waals surface area contributed by atoms with Gasteiger partial charge in [0.15, 0.2) is 6.61 Å². The first kappa shape index (κ1) is 21.1. The maximum atomic E-state index is 12.8. The fourth-order valence-corrected chi connectivity index (χ4v) is 2.85. The van der Waals surface area contributed by atoms with Crippen molar-refractivity contribution in [1.29, 1.82) is 0 Å². The Hall–Kier alpha value is -2.24. The summed E-state index contributed by atoms with van der Waals surface area (Å²) < 4.78 is 5.60. The molecule has 2 rings (SSSR count). The molecule has 1 atom stereocenters. The van der Waals surface area contributed by atoms with Gasteiger partial charge in [0.05, 0.1) is 0 Å². The van der Waals surface area contributed by atoms with Crippen LogP contribution in [-0.4, -0.2) is 36.4 Å². The summed E-state index contributed by atoms with van der Waals surface area (Å²) in [4.78, 5) is 26.3. The van der Waals surface area contributed by atoms with Crippen LogP contribution in [0.15, 0.2) is 42.5 Å². The molecule has 0 heterocycles. The number of carbonyl (C=O) groups is 2. The lowest BCUT2D eigenvalue weighted by molar-refractivity contribution is -0.142. The van der Waals surface area contributed by atoms with Crippen LogP contribution in [0, 0.1) is 6.92 Å². The third-order valence-corrected chi connectivity index (χ3v) is 5.00. The van der Waals surface area contributed by atoms with Gasteiger partial charge in [-0.1, -0.05) is 41.4 Å². The number of nitrogens with zero attached hydrogens (tertiary/aromatic N) is 1. The van der Waals surface area contributed by atoms with E-state index in [9.17, 15) is 9.59 Å². The highest BCUT2D eigenvalue weighted by Gasteiger charge is 2.26. The molecule has 144 valence electrons. The third-order valence-electron chi connectivity index (χ3n) is 4.20. The van der Waals surface area contributed by atoms with Crippen LogP contribution in [0.3, 0.4) is 0 Å². The maximum absolute atomic E-state index is 12.8. The molecule has 1 N–H and O–H groups in total. The molecule has 0 aliphatic carbocycles. The third kappa shape index (κ3) is 5.62. The predicted octanol–water partition coefficient (Wildman–Crippen LogP) is 3.84. The molecule has 2 amide bonds. The number of rotatable bonds is 7. The zero-order chi connectivity index (χ0) is 20.0. The van der Waals surface area contributed by atoms with Gasteiger partial charge >= 0.3 is 0 Å². The van der Waals surface area contributed by atoms with Gasteiger partial charge in [-0.05, 0) is 49.2 Å². The first-order chi connectivity index (χ1) is 12.8. The van der Waals surface area contributed by atoms with E-state index in [1.54, 1.807) is 31.2 Å². The number of halogens is 2. The van der Waals surface area contributed by atoms with Crippen molar-refractivity contribution in [1.82, 2.24) is 10.2 Å². The lowest BCUT2D eigenvalue weighted by atomic mass is 10.1. The van der Waals surface area contributed by atoms with Crippen molar-refractivity contribution in [3.63, 3.8) is 0 Å². The van der Waals surface area contributed by atoms with Crippen molar-refractivity contribution in [2.24, 2.45) is 0 Å². The van der Waals surface area contributed by atoms with Gasteiger partial charge in [-0.3, -0.25) is 9.59 Å². The molecule has 2 aromatic carbocycles. The number of ether oxygens (including phenoxy) is 1. The molecule has 0 bridgehead atoms. The average Bonchev–Trinajstić information content (AvgIpc) is 2.66. The highest BCUT2D eigenvalue weighted by atomic mass is 35.5. The number of hydrogen-bond donors (Lipinski definition) is 1. The number of amides is 2. The quantitative estimate of drug-likeness (QED) is 0.756. The van der Waals surface area contributed by atoms with Crippen molar-refractivity contribution in [2.75, 3.05) is 13.7 Å². The van der Waals surface area contributed by atoms with E-state index in [2.05, 4.69) is 5.32 Å². The monoisotopic (exact) mass is 408 g/mol. The van der Waals surface area contributed by atoms with Crippen molar-refractivity contribution < 1.29 is 14.3 Å². The topological polar surface area (TPSA) is 58.6 Å². The number of benzene rings is 2. The van der Waals surface area contributed by atoms with Crippen molar-refractivity contribution in [3.05, 3.63) is 63.6 Å². The summed E-state index contributed by atoms with van der Waals surface area (Å²) in [5, 5.41) is 3.73. The van der Waals surface area contributed by atoms with Crippen LogP contribution >= 0.6 is 23.2 Å². The van der Waals surface area contributed by atoms with Crippen molar-refractivity contribution in [2.45, 2.75) is 26.4 Å². The minimum atomic E-state index is -0.672. The van der Waals surface area contributed by atoms with E-state index < -0.39 is 6.04 Å². The van der Waals surface area contributed by atoms with E-state index in [1.165, 1.54) is 11.9 Å². The second-order valence-corrected chi connectivity index (χ2v) is 6.92. The average molecular weight is 409 g/mol. The molecule has 0 aliphatic rings. The fraction of sp³-hybridized carbons (Fsp3) is 0.300. The Kier molecular flexibility index (Phi) is 7.51. The Bertz CT molecular complexity index is 827. The molecule has 0 radical (unpaired) electrons. The van der Waals surface area contributed by atoms with Gasteiger partial charge in [-0.2, -0.15) is 0 Å². The van der Waals surface area contributed by atoms with Gasteiger partial charge in [-0.15, -0.1) is 0 Å². The zero-order valence-electron chi connectivity index (χ0n) is 15.5. The Morgan fingerprint density at radius 3 is 2.48 bits per heavy atom. The molecular weight excluding hydrogens is 387 g/mol. The van der Waals surface area contributed by atoms with E-state index in [-0.39, 0.29) is 25.0 Å². The van der Waals surface area contributed by atoms with Crippen molar-refractivity contribution >= 4 is 35.0 Å². The second kappa shape index (κ2) is 9.62. The number of carbonyl (C=O) groups excluding carboxylic acids is 2. The summed E-state index contributed by atoms with van der Waals surface area (Å²) in [6, 6.07) is 11.7. The molecule has 0 fully saturated rings. The van der Waals surface area contributed by atoms with Crippen LogP contribution in [0.2, 0.25) is 10.0 Å². The first-order valence-electron chi connectivity index (χ1n) is 8.47. The summed E-state index contributed by atoms with van der Waals surface area (Å²) in [7, 11) is 1.53. The molecule has 0 aromatic heterocycles. The second-order valence-electron chi connectivity index (χ2n) is 6.10. The standard InChI is InChI=1S/C20H22Cl2N2O3/c1-13-10-16(8-9-17(13)21)27-12-19(25)24(14(2)20(26)23-3)11-15-6-4-5-7-18(15)22/h4-10,14H,11-12H2,1-3H3,(H,23,26). The molecule has 1 unspecified atom stereocenters. The van der Waals surface area contributed by atoms with E-state index in [1.807, 2.05) is 25.1 Å². The molecule has 0 spiro atoms. The van der Waals surface area contributed by atoms with Crippen LogP contribution in [0.1, 0.15) is 18.1 Å². The zero-order valence-corrected chi connectivity index (χ0v) is 17.0. The van der Waals surface area contributed by atoms with E-state index in [0.717, 1.165) is 11.1 Å². The molecule has 0 saturated carbocycles. The molecule has 5 nitrogen and oxygen atoms in total. The molecule has 7 heteroatoms. The van der Waals surface area contributed by atoms with E-state index >= 15 is 0 Å². The molecule has 0 saturated heterocycles. The Labute approximate surface area is 169 Å². The summed E-state index contributed by atoms with van der Waals surface area (Å²) >= 11 is 12.2. The van der Waals surface area contributed by atoms with Gasteiger partial charge < -0.3 is 15.0 Å². The van der Waals surface area contributed by atoms with Crippen LogP contribution in [0.4, 0.5) is 0 Å². The van der Waals surface area contributed by atoms with E-state index in [4.69, 9.17) is 27.9 Å². The Morgan fingerprint density at radius 2 is 1.85 bits per heavy atom. The minimum Gasteiger partial charge on any atom is -0.484 e. The summed E-state index contributed by atoms with van der Waals surface area (Å²) in [5.74, 6) is -0.0492. The number of aryl methyl sites for hydroxylation is 1. The first-order valence-corrected chi connectivity index (χ1v) is 9.22. The Balaban J connectivity index is 2.16. The highest BCUT2D eigenvalue weighted by Crippen LogP contribution is 2.22. The number of hydrogen-bond acceptors (Lipinski definition) is 3. The van der Waals surface area contributed by atoms with Crippen LogP contribution < -0.4 is 10.1 Å². The van der Waals surface area contributed by atoms with Gasteiger partial charge in [0.1, 0.15) is 11.8 Å². The van der Waals surface area contributed by atoms with Gasteiger partial charge in [-0.25, -0.2) is 0 Å². The summed E-state index contributed by atoms with van der Waals surface area (Å²) in [6.45, 7) is 3.53. The summed E-state index contributed by atoms with van der Waals surface area (Å²) in [6.07, 6.45) is 0. The van der Waals surface area contributed by atoms with Gasteiger partial charge in [0.2, 0.25) is 5.91 Å². The molecule has 2 aromatic rings. The number of likely N-dealkylation sites (N-methyl/N-ethyl adjacent to an activating group) is 1. The molecular formula is C20H22Cl2N2O3. The van der Waals surface area contributed by atoms with Crippen LogP contribution in [0.25, 0.3) is 0 Å². The largest absolute Gasteiger partial charge is 0.484 e. The van der Waals surface area contributed by atoms with Gasteiger partial charge in [0, 0.05) is 23.6 Å². The Morgan fingerprint density at radius 1 is 1.15 bits per heavy atom. The van der Waals surface area contributed by atoms with Gasteiger partial charge in [0.25, 0.3) is 5.91 Å². The van der Waals surface area contributed by atoms with E-state index in [0.29, 0.717) is 15.8 Å². The normalized spacial score (nSPS) is 11.6. The lowest BCUT2D eigenvalue weighted by Gasteiger charge is -2.28. The maximum Gasteiger partial charge on any atom is 0.261 e. The lowest BCUT2D eigenvalue weighted by Crippen LogP contribution is -2.48.